The van der Waals surface area contributed by atoms with Crippen molar-refractivity contribution in [2.24, 2.45) is 0 Å². The number of thiazole rings is 1. The lowest BCUT2D eigenvalue weighted by Crippen LogP contribution is -2.23. The van der Waals surface area contributed by atoms with Crippen LogP contribution in [0.2, 0.25) is 0 Å². The number of carbonyl (C=O) groups excluding carboxylic acids is 1. The Hall–Kier alpha value is -1.95. The molecule has 0 atom stereocenters. The molecule has 0 aromatic carbocycles. The van der Waals surface area contributed by atoms with E-state index in [1.807, 2.05) is 12.1 Å². The first-order valence-corrected chi connectivity index (χ1v) is 5.52. The van der Waals surface area contributed by atoms with Gasteiger partial charge in [-0.2, -0.15) is 0 Å². The minimum absolute atomic E-state index is 0.218. The molecule has 6 heteroatoms. The second-order valence-corrected chi connectivity index (χ2v) is 4.00. The van der Waals surface area contributed by atoms with Gasteiger partial charge in [0, 0.05) is 24.3 Å². The first-order chi connectivity index (χ1) is 7.75. The molecule has 2 rings (SSSR count). The molecule has 0 radical (unpaired) electrons. The third-order valence-electron chi connectivity index (χ3n) is 1.96. The SMILES string of the molecule is Nc1nc(C(=O)NCc2ccncc2)cs1. The second kappa shape index (κ2) is 4.71. The number of carbonyl (C=O) groups is 1. The number of aromatic nitrogens is 2. The van der Waals surface area contributed by atoms with Crippen LogP contribution in [0.15, 0.2) is 29.9 Å². The normalized spacial score (nSPS) is 10.0. The molecule has 2 aromatic heterocycles. The Bertz CT molecular complexity index is 483. The standard InChI is InChI=1S/C10H10N4OS/c11-10-14-8(6-16-10)9(15)13-5-7-1-3-12-4-2-7/h1-4,6H,5H2,(H2,11,14)(H,13,15). The number of amides is 1. The third-order valence-corrected chi connectivity index (χ3v) is 2.63. The van der Waals surface area contributed by atoms with E-state index in [4.69, 9.17) is 5.73 Å². The predicted molar refractivity (Wildman–Crippen MR) is 61.9 cm³/mol. The molecule has 0 saturated carbocycles. The smallest absolute Gasteiger partial charge is 0.271 e. The molecule has 16 heavy (non-hydrogen) atoms. The van der Waals surface area contributed by atoms with E-state index in [1.165, 1.54) is 11.3 Å². The maximum Gasteiger partial charge on any atom is 0.271 e. The number of anilines is 1. The molecule has 0 bridgehead atoms. The second-order valence-electron chi connectivity index (χ2n) is 3.11. The summed E-state index contributed by atoms with van der Waals surface area (Å²) < 4.78 is 0. The van der Waals surface area contributed by atoms with Crippen LogP contribution in [-0.4, -0.2) is 15.9 Å². The molecular weight excluding hydrogens is 224 g/mol. The van der Waals surface area contributed by atoms with Crippen molar-refractivity contribution in [3.05, 3.63) is 41.2 Å². The summed E-state index contributed by atoms with van der Waals surface area (Å²) in [5.41, 5.74) is 6.79. The van der Waals surface area contributed by atoms with Crippen LogP contribution in [0.3, 0.4) is 0 Å². The van der Waals surface area contributed by atoms with Gasteiger partial charge >= 0.3 is 0 Å². The van der Waals surface area contributed by atoms with Crippen LogP contribution in [-0.2, 0) is 6.54 Å². The maximum atomic E-state index is 11.6. The van der Waals surface area contributed by atoms with Gasteiger partial charge in [0.15, 0.2) is 5.13 Å². The van der Waals surface area contributed by atoms with Crippen LogP contribution < -0.4 is 11.1 Å². The quantitative estimate of drug-likeness (QED) is 0.831. The average Bonchev–Trinajstić information content (AvgIpc) is 2.74. The fourth-order valence-corrected chi connectivity index (χ4v) is 1.71. The predicted octanol–water partition coefficient (Wildman–Crippen LogP) is 1.05. The molecular formula is C10H10N4OS. The molecule has 0 saturated heterocycles. The highest BCUT2D eigenvalue weighted by Gasteiger charge is 2.08. The van der Waals surface area contributed by atoms with Gasteiger partial charge < -0.3 is 11.1 Å². The van der Waals surface area contributed by atoms with E-state index in [1.54, 1.807) is 17.8 Å². The minimum atomic E-state index is -0.218. The molecule has 2 aromatic rings. The molecule has 0 aliphatic carbocycles. The lowest BCUT2D eigenvalue weighted by Gasteiger charge is -2.02. The molecule has 82 valence electrons. The van der Waals surface area contributed by atoms with Crippen molar-refractivity contribution < 1.29 is 4.79 Å². The molecule has 0 aliphatic heterocycles. The Labute approximate surface area is 96.3 Å². The van der Waals surface area contributed by atoms with Gasteiger partial charge in [-0.05, 0) is 17.7 Å². The summed E-state index contributed by atoms with van der Waals surface area (Å²) in [6.07, 6.45) is 3.37. The highest BCUT2D eigenvalue weighted by atomic mass is 32.1. The van der Waals surface area contributed by atoms with Crippen LogP contribution in [0.25, 0.3) is 0 Å². The summed E-state index contributed by atoms with van der Waals surface area (Å²) in [6, 6.07) is 3.69. The number of nitrogens with two attached hydrogens (primary N) is 1. The van der Waals surface area contributed by atoms with Crippen molar-refractivity contribution in [3.63, 3.8) is 0 Å². The van der Waals surface area contributed by atoms with Crippen molar-refractivity contribution in [2.75, 3.05) is 5.73 Å². The fourth-order valence-electron chi connectivity index (χ4n) is 1.17. The van der Waals surface area contributed by atoms with Gasteiger partial charge in [-0.3, -0.25) is 9.78 Å². The van der Waals surface area contributed by atoms with E-state index in [0.717, 1.165) is 5.56 Å². The first-order valence-electron chi connectivity index (χ1n) is 4.64. The van der Waals surface area contributed by atoms with Crippen LogP contribution >= 0.6 is 11.3 Å². The van der Waals surface area contributed by atoms with Crippen LogP contribution in [0.4, 0.5) is 5.13 Å². The minimum Gasteiger partial charge on any atom is -0.375 e. The number of hydrogen-bond donors (Lipinski definition) is 2. The van der Waals surface area contributed by atoms with Crippen molar-refractivity contribution >= 4 is 22.4 Å². The number of nitrogen functional groups attached to an aromatic ring is 1. The van der Waals surface area contributed by atoms with Gasteiger partial charge in [-0.15, -0.1) is 11.3 Å². The summed E-state index contributed by atoms with van der Waals surface area (Å²) >= 11 is 1.25. The zero-order valence-corrected chi connectivity index (χ0v) is 9.20. The van der Waals surface area contributed by atoms with Crippen LogP contribution in [0.5, 0.6) is 0 Å². The topological polar surface area (TPSA) is 80.9 Å². The monoisotopic (exact) mass is 234 g/mol. The lowest BCUT2D eigenvalue weighted by molar-refractivity contribution is 0.0946. The zero-order chi connectivity index (χ0) is 11.4. The third kappa shape index (κ3) is 2.54. The van der Waals surface area contributed by atoms with Gasteiger partial charge in [-0.25, -0.2) is 4.98 Å². The molecule has 0 fully saturated rings. The molecule has 1 amide bonds. The number of rotatable bonds is 3. The van der Waals surface area contributed by atoms with E-state index in [-0.39, 0.29) is 5.91 Å². The Morgan fingerprint density at radius 2 is 2.19 bits per heavy atom. The molecule has 0 unspecified atom stereocenters. The molecule has 3 N–H and O–H groups in total. The number of hydrogen-bond acceptors (Lipinski definition) is 5. The summed E-state index contributed by atoms with van der Waals surface area (Å²) in [7, 11) is 0. The molecule has 0 aliphatic rings. The zero-order valence-electron chi connectivity index (χ0n) is 8.38. The Morgan fingerprint density at radius 1 is 1.44 bits per heavy atom. The van der Waals surface area contributed by atoms with Crippen molar-refractivity contribution in [1.82, 2.24) is 15.3 Å². The van der Waals surface area contributed by atoms with Crippen molar-refractivity contribution in [2.45, 2.75) is 6.54 Å². The Morgan fingerprint density at radius 3 is 2.81 bits per heavy atom. The van der Waals surface area contributed by atoms with Gasteiger partial charge in [0.05, 0.1) is 0 Å². The number of nitrogens with zero attached hydrogens (tertiary/aromatic N) is 2. The number of nitrogens with one attached hydrogen (secondary N) is 1. The van der Waals surface area contributed by atoms with Gasteiger partial charge in [-0.1, -0.05) is 0 Å². The largest absolute Gasteiger partial charge is 0.375 e. The Kier molecular flexibility index (Phi) is 3.11. The Balaban J connectivity index is 1.94. The summed E-state index contributed by atoms with van der Waals surface area (Å²) in [4.78, 5) is 19.4. The average molecular weight is 234 g/mol. The lowest BCUT2D eigenvalue weighted by atomic mass is 10.2. The van der Waals surface area contributed by atoms with E-state index in [2.05, 4.69) is 15.3 Å². The summed E-state index contributed by atoms with van der Waals surface area (Å²) in [5, 5.41) is 4.78. The maximum absolute atomic E-state index is 11.6. The molecule has 0 spiro atoms. The fraction of sp³-hybridized carbons (Fsp3) is 0.100. The van der Waals surface area contributed by atoms with E-state index >= 15 is 0 Å². The van der Waals surface area contributed by atoms with Crippen molar-refractivity contribution in [1.29, 1.82) is 0 Å². The van der Waals surface area contributed by atoms with E-state index in [0.29, 0.717) is 17.4 Å². The molecule has 2 heterocycles. The van der Waals surface area contributed by atoms with Crippen molar-refractivity contribution in [3.8, 4) is 0 Å². The van der Waals surface area contributed by atoms with Crippen LogP contribution in [0.1, 0.15) is 16.1 Å². The van der Waals surface area contributed by atoms with Crippen LogP contribution in [0, 0.1) is 0 Å². The van der Waals surface area contributed by atoms with Gasteiger partial charge in [0.25, 0.3) is 5.91 Å². The first kappa shape index (κ1) is 10.6. The van der Waals surface area contributed by atoms with E-state index < -0.39 is 0 Å². The highest BCUT2D eigenvalue weighted by molar-refractivity contribution is 7.13. The highest BCUT2D eigenvalue weighted by Crippen LogP contribution is 2.10. The summed E-state index contributed by atoms with van der Waals surface area (Å²) in [5.74, 6) is -0.218. The number of pyridine rings is 1. The van der Waals surface area contributed by atoms with Gasteiger partial charge in [0.2, 0.25) is 0 Å². The van der Waals surface area contributed by atoms with E-state index in [9.17, 15) is 4.79 Å². The molecule has 5 nitrogen and oxygen atoms in total. The summed E-state index contributed by atoms with van der Waals surface area (Å²) in [6.45, 7) is 0.457. The van der Waals surface area contributed by atoms with Gasteiger partial charge in [0.1, 0.15) is 5.69 Å².